The quantitative estimate of drug-likeness (QED) is 0.403. The van der Waals surface area contributed by atoms with E-state index in [1.54, 1.807) is 12.4 Å². The van der Waals surface area contributed by atoms with Crippen molar-refractivity contribution in [1.82, 2.24) is 9.97 Å². The lowest BCUT2D eigenvalue weighted by Gasteiger charge is -2.12. The molecule has 0 amide bonds. The molecule has 0 bridgehead atoms. The van der Waals surface area contributed by atoms with Crippen molar-refractivity contribution in [2.75, 3.05) is 0 Å². The van der Waals surface area contributed by atoms with Crippen LogP contribution in [-0.4, -0.2) is 16.7 Å². The molecule has 3 aromatic carbocycles. The van der Waals surface area contributed by atoms with Crippen molar-refractivity contribution < 1.29 is 6.11 Å². The zero-order valence-corrected chi connectivity index (χ0v) is 17.3. The van der Waals surface area contributed by atoms with Crippen LogP contribution in [0.4, 0.5) is 0 Å². The molecule has 32 heavy (non-hydrogen) atoms. The zero-order chi connectivity index (χ0) is 22.2. The molecule has 0 saturated carbocycles. The molecule has 3 nitrogen and oxygen atoms in total. The molecular weight excluding hydrogens is 391 g/mol. The van der Waals surface area contributed by atoms with Gasteiger partial charge in [-0.05, 0) is 52.6 Å². The molecule has 150 valence electrons. The van der Waals surface area contributed by atoms with Crippen LogP contribution in [0.2, 0.25) is 0 Å². The first-order valence-corrected chi connectivity index (χ1v) is 10.6. The molecule has 0 saturated heterocycles. The van der Waals surface area contributed by atoms with Crippen LogP contribution in [0.3, 0.4) is 0 Å². The molecule has 0 spiro atoms. The Bertz CT molecular complexity index is 1450. The first-order chi connectivity index (χ1) is 16.3. The van der Waals surface area contributed by atoms with E-state index < -0.39 is 0 Å². The summed E-state index contributed by atoms with van der Waals surface area (Å²) < 4.78 is 13.8. The third-order valence-corrected chi connectivity index (χ3v) is 5.89. The van der Waals surface area contributed by atoms with Crippen molar-refractivity contribution >= 4 is 23.2 Å². The molecule has 5 aromatic rings. The van der Waals surface area contributed by atoms with Crippen LogP contribution in [0.15, 0.2) is 115 Å². The van der Waals surface area contributed by atoms with Gasteiger partial charge in [0.25, 0.3) is 6.71 Å². The fourth-order valence-electron chi connectivity index (χ4n) is 4.48. The van der Waals surface area contributed by atoms with E-state index >= 15 is 0 Å². The van der Waals surface area contributed by atoms with E-state index in [1.165, 1.54) is 22.1 Å². The third kappa shape index (κ3) is 3.26. The molecule has 0 unspecified atom stereocenters. The molecule has 3 heterocycles. The van der Waals surface area contributed by atoms with Gasteiger partial charge in [-0.1, -0.05) is 77.7 Å². The Morgan fingerprint density at radius 2 is 1.53 bits per heavy atom. The number of hydrogen-bond donors (Lipinski definition) is 0. The summed E-state index contributed by atoms with van der Waals surface area (Å²) in [6.07, 6.45) is 3.34. The minimum atomic E-state index is 0.0460. The second-order valence-electron chi connectivity index (χ2n) is 7.80. The molecule has 1 aliphatic heterocycles. The Morgan fingerprint density at radius 3 is 2.41 bits per heavy atom. The standard InChI is InChI=1S/C28H19BN2O/c1-2-11-25-23(10-1)24-15-14-21(19-26(24)29(25)27-12-3-5-16-30-27)20-8-7-9-22(18-20)32-28-13-4-6-17-31-28/h1-19H/i5D. The first kappa shape index (κ1) is 17.5. The maximum atomic E-state index is 7.82. The Morgan fingerprint density at radius 1 is 0.656 bits per heavy atom. The van der Waals surface area contributed by atoms with Gasteiger partial charge >= 0.3 is 0 Å². The van der Waals surface area contributed by atoms with Gasteiger partial charge < -0.3 is 4.74 Å². The molecule has 0 fully saturated rings. The van der Waals surface area contributed by atoms with E-state index in [4.69, 9.17) is 6.11 Å². The number of nitrogens with zero attached hydrogens (tertiary/aromatic N) is 2. The minimum Gasteiger partial charge on any atom is -0.439 e. The highest BCUT2D eigenvalue weighted by atomic mass is 16.5. The topological polar surface area (TPSA) is 35.0 Å². The van der Waals surface area contributed by atoms with Gasteiger partial charge in [-0.15, -0.1) is 0 Å². The van der Waals surface area contributed by atoms with Crippen molar-refractivity contribution in [2.24, 2.45) is 0 Å². The van der Waals surface area contributed by atoms with E-state index in [-0.39, 0.29) is 6.71 Å². The molecule has 0 aliphatic carbocycles. The van der Waals surface area contributed by atoms with Gasteiger partial charge in [0.2, 0.25) is 5.88 Å². The molecule has 1 aliphatic rings. The summed E-state index contributed by atoms with van der Waals surface area (Å²) in [6.45, 7) is 0.0460. The van der Waals surface area contributed by atoms with Crippen LogP contribution in [0.1, 0.15) is 1.37 Å². The lowest BCUT2D eigenvalue weighted by molar-refractivity contribution is 0.463. The maximum absolute atomic E-state index is 7.82. The summed E-state index contributed by atoms with van der Waals surface area (Å²) in [4.78, 5) is 8.86. The summed E-state index contributed by atoms with van der Waals surface area (Å²) >= 11 is 0. The number of aromatic nitrogens is 2. The third-order valence-electron chi connectivity index (χ3n) is 5.89. The minimum absolute atomic E-state index is 0.0460. The predicted molar refractivity (Wildman–Crippen MR) is 131 cm³/mol. The van der Waals surface area contributed by atoms with Gasteiger partial charge in [0, 0.05) is 24.1 Å². The summed E-state index contributed by atoms with van der Waals surface area (Å²) in [6, 6.07) is 33.0. The first-order valence-electron chi connectivity index (χ1n) is 11.1. The molecular formula is C28H19BN2O. The van der Waals surface area contributed by atoms with Gasteiger partial charge in [-0.3, -0.25) is 4.98 Å². The SMILES string of the molecule is [2H]c1ccc(B2c3ccccc3-c3ccc(-c4cccc(Oc5ccccn5)c4)cc32)nc1. The van der Waals surface area contributed by atoms with Gasteiger partial charge in [0.05, 0.1) is 1.37 Å². The largest absolute Gasteiger partial charge is 0.439 e. The molecule has 6 rings (SSSR count). The van der Waals surface area contributed by atoms with Crippen LogP contribution in [0, 0.1) is 0 Å². The fourth-order valence-corrected chi connectivity index (χ4v) is 4.48. The maximum Gasteiger partial charge on any atom is 0.266 e. The van der Waals surface area contributed by atoms with Crippen LogP contribution in [0.5, 0.6) is 11.6 Å². The lowest BCUT2D eigenvalue weighted by Crippen LogP contribution is -2.50. The van der Waals surface area contributed by atoms with Gasteiger partial charge in [0.1, 0.15) is 5.75 Å². The van der Waals surface area contributed by atoms with E-state index in [0.29, 0.717) is 11.9 Å². The summed E-state index contributed by atoms with van der Waals surface area (Å²) in [5.41, 5.74) is 8.12. The van der Waals surface area contributed by atoms with E-state index in [1.807, 2.05) is 48.5 Å². The van der Waals surface area contributed by atoms with Gasteiger partial charge in [0.15, 0.2) is 0 Å². The number of rotatable bonds is 4. The average Bonchev–Trinajstić information content (AvgIpc) is 3.19. The zero-order valence-electron chi connectivity index (χ0n) is 18.3. The Labute approximate surface area is 188 Å². The normalized spacial score (nSPS) is 12.1. The molecule has 4 heteroatoms. The van der Waals surface area contributed by atoms with Gasteiger partial charge in [-0.2, -0.15) is 0 Å². The highest BCUT2D eigenvalue weighted by Gasteiger charge is 2.34. The summed E-state index contributed by atoms with van der Waals surface area (Å²) in [5.74, 6) is 1.32. The van der Waals surface area contributed by atoms with Crippen LogP contribution in [-0.2, 0) is 0 Å². The molecule has 0 N–H and O–H groups in total. The monoisotopic (exact) mass is 411 g/mol. The highest BCUT2D eigenvalue weighted by molar-refractivity contribution is 6.98. The smallest absolute Gasteiger partial charge is 0.266 e. The van der Waals surface area contributed by atoms with Crippen molar-refractivity contribution in [3.63, 3.8) is 0 Å². The van der Waals surface area contributed by atoms with Crippen molar-refractivity contribution in [1.29, 1.82) is 0 Å². The highest BCUT2D eigenvalue weighted by Crippen LogP contribution is 2.30. The van der Waals surface area contributed by atoms with E-state index in [2.05, 4.69) is 58.5 Å². The average molecular weight is 411 g/mol. The Hall–Kier alpha value is -4.18. The summed E-state index contributed by atoms with van der Waals surface area (Å²) in [5, 5.41) is 0. The lowest BCUT2D eigenvalue weighted by atomic mass is 9.40. The Balaban J connectivity index is 1.42. The van der Waals surface area contributed by atoms with E-state index in [9.17, 15) is 0 Å². The van der Waals surface area contributed by atoms with Crippen molar-refractivity contribution in [3.05, 3.63) is 115 Å². The van der Waals surface area contributed by atoms with E-state index in [0.717, 1.165) is 22.5 Å². The second kappa shape index (κ2) is 7.82. The number of hydrogen-bond acceptors (Lipinski definition) is 3. The Kier molecular flexibility index (Phi) is 4.28. The number of ether oxygens (including phenoxy) is 1. The fraction of sp³-hybridized carbons (Fsp3) is 0. The predicted octanol–water partition coefficient (Wildman–Crippen LogP) is 4.43. The van der Waals surface area contributed by atoms with Gasteiger partial charge in [-0.25, -0.2) is 4.98 Å². The van der Waals surface area contributed by atoms with Crippen LogP contribution < -0.4 is 21.3 Å². The summed E-state index contributed by atoms with van der Waals surface area (Å²) in [7, 11) is 0. The molecule has 0 radical (unpaired) electrons. The number of benzene rings is 3. The van der Waals surface area contributed by atoms with Crippen LogP contribution >= 0.6 is 0 Å². The number of fused-ring (bicyclic) bond motifs is 3. The van der Waals surface area contributed by atoms with Crippen LogP contribution in [0.25, 0.3) is 22.3 Å². The van der Waals surface area contributed by atoms with Crippen molar-refractivity contribution in [3.8, 4) is 33.9 Å². The number of pyridine rings is 2. The molecule has 0 atom stereocenters. The van der Waals surface area contributed by atoms with Crippen molar-refractivity contribution in [2.45, 2.75) is 0 Å². The second-order valence-corrected chi connectivity index (χ2v) is 7.80. The molecule has 2 aromatic heterocycles.